The summed E-state index contributed by atoms with van der Waals surface area (Å²) in [6.45, 7) is 5.62. The van der Waals surface area contributed by atoms with Crippen molar-refractivity contribution in [2.45, 2.75) is 39.3 Å². The first kappa shape index (κ1) is 10.5. The SMILES string of the molecule is CC1(C)CC(NCc2ccc(Cl)s2)C1. The highest BCUT2D eigenvalue weighted by atomic mass is 35.5. The van der Waals surface area contributed by atoms with Gasteiger partial charge >= 0.3 is 0 Å². The molecule has 0 aliphatic heterocycles. The zero-order chi connectivity index (χ0) is 10.2. The fourth-order valence-corrected chi connectivity index (χ4v) is 3.15. The van der Waals surface area contributed by atoms with Crippen molar-refractivity contribution in [3.05, 3.63) is 21.3 Å². The first-order chi connectivity index (χ1) is 6.55. The first-order valence-corrected chi connectivity index (χ1v) is 6.22. The van der Waals surface area contributed by atoms with Crippen LogP contribution < -0.4 is 5.32 Å². The van der Waals surface area contributed by atoms with E-state index in [0.29, 0.717) is 11.5 Å². The van der Waals surface area contributed by atoms with Gasteiger partial charge in [0.05, 0.1) is 4.34 Å². The van der Waals surface area contributed by atoms with Crippen LogP contribution in [0.15, 0.2) is 12.1 Å². The van der Waals surface area contributed by atoms with Crippen LogP contribution >= 0.6 is 22.9 Å². The van der Waals surface area contributed by atoms with Gasteiger partial charge in [0.15, 0.2) is 0 Å². The Labute approximate surface area is 94.5 Å². The Morgan fingerprint density at radius 3 is 2.71 bits per heavy atom. The topological polar surface area (TPSA) is 12.0 Å². The maximum Gasteiger partial charge on any atom is 0.0931 e. The van der Waals surface area contributed by atoms with Crippen LogP contribution in [-0.4, -0.2) is 6.04 Å². The first-order valence-electron chi connectivity index (χ1n) is 5.03. The molecule has 0 amide bonds. The van der Waals surface area contributed by atoms with E-state index in [2.05, 4.69) is 25.2 Å². The van der Waals surface area contributed by atoms with Gasteiger partial charge in [-0.3, -0.25) is 0 Å². The summed E-state index contributed by atoms with van der Waals surface area (Å²) in [5.74, 6) is 0. The Hall–Kier alpha value is -0.0500. The maximum atomic E-state index is 5.86. The lowest BCUT2D eigenvalue weighted by molar-refractivity contribution is 0.125. The highest BCUT2D eigenvalue weighted by Gasteiger charge is 2.35. The molecule has 0 atom stereocenters. The van der Waals surface area contributed by atoms with E-state index in [-0.39, 0.29) is 0 Å². The molecule has 1 nitrogen and oxygen atoms in total. The summed E-state index contributed by atoms with van der Waals surface area (Å²) in [6.07, 6.45) is 2.60. The Morgan fingerprint density at radius 2 is 2.21 bits per heavy atom. The molecule has 0 spiro atoms. The molecule has 1 aliphatic carbocycles. The Morgan fingerprint density at radius 1 is 1.50 bits per heavy atom. The van der Waals surface area contributed by atoms with Gasteiger partial charge in [0.2, 0.25) is 0 Å². The van der Waals surface area contributed by atoms with Crippen LogP contribution in [0.4, 0.5) is 0 Å². The lowest BCUT2D eigenvalue weighted by Gasteiger charge is -2.43. The minimum absolute atomic E-state index is 0.560. The van der Waals surface area contributed by atoms with Gasteiger partial charge in [-0.25, -0.2) is 0 Å². The van der Waals surface area contributed by atoms with Crippen LogP contribution in [0.3, 0.4) is 0 Å². The van der Waals surface area contributed by atoms with Crippen molar-refractivity contribution in [3.8, 4) is 0 Å². The van der Waals surface area contributed by atoms with E-state index in [0.717, 1.165) is 10.9 Å². The van der Waals surface area contributed by atoms with Crippen molar-refractivity contribution in [2.75, 3.05) is 0 Å². The number of halogens is 1. The summed E-state index contributed by atoms with van der Waals surface area (Å²) in [4.78, 5) is 1.33. The largest absolute Gasteiger partial charge is 0.309 e. The molecule has 0 saturated heterocycles. The summed E-state index contributed by atoms with van der Waals surface area (Å²) >= 11 is 7.53. The highest BCUT2D eigenvalue weighted by Crippen LogP contribution is 2.39. The van der Waals surface area contributed by atoms with Gasteiger partial charge in [0.25, 0.3) is 0 Å². The van der Waals surface area contributed by atoms with Crippen LogP contribution in [0, 0.1) is 5.41 Å². The molecule has 0 radical (unpaired) electrons. The van der Waals surface area contributed by atoms with Gasteiger partial charge in [0, 0.05) is 17.5 Å². The van der Waals surface area contributed by atoms with Gasteiger partial charge in [-0.15, -0.1) is 11.3 Å². The molecule has 1 heterocycles. The summed E-state index contributed by atoms with van der Waals surface area (Å²) in [7, 11) is 0. The van der Waals surface area contributed by atoms with E-state index < -0.39 is 0 Å². The number of nitrogens with one attached hydrogen (secondary N) is 1. The fourth-order valence-electron chi connectivity index (χ4n) is 2.11. The lowest BCUT2D eigenvalue weighted by atomic mass is 9.68. The molecule has 14 heavy (non-hydrogen) atoms. The average Bonchev–Trinajstić information content (AvgIpc) is 2.44. The van der Waals surface area contributed by atoms with Crippen LogP contribution in [-0.2, 0) is 6.54 Å². The lowest BCUT2D eigenvalue weighted by Crippen LogP contribution is -2.45. The van der Waals surface area contributed by atoms with Crippen molar-refractivity contribution in [2.24, 2.45) is 5.41 Å². The molecule has 1 saturated carbocycles. The maximum absolute atomic E-state index is 5.86. The number of hydrogen-bond acceptors (Lipinski definition) is 2. The summed E-state index contributed by atoms with van der Waals surface area (Å²) < 4.78 is 0.885. The minimum atomic E-state index is 0.560. The second-order valence-corrected chi connectivity index (χ2v) is 6.66. The Kier molecular flexibility index (Phi) is 2.87. The van der Waals surface area contributed by atoms with Gasteiger partial charge in [-0.2, -0.15) is 0 Å². The third-order valence-electron chi connectivity index (χ3n) is 2.79. The monoisotopic (exact) mass is 229 g/mol. The van der Waals surface area contributed by atoms with Crippen molar-refractivity contribution in [3.63, 3.8) is 0 Å². The number of rotatable bonds is 3. The normalized spacial score (nSPS) is 20.8. The molecule has 3 heteroatoms. The Bertz CT molecular complexity index is 311. The van der Waals surface area contributed by atoms with Crippen molar-refractivity contribution in [1.29, 1.82) is 0 Å². The van der Waals surface area contributed by atoms with Gasteiger partial charge in [-0.1, -0.05) is 25.4 Å². The van der Waals surface area contributed by atoms with Crippen molar-refractivity contribution < 1.29 is 0 Å². The van der Waals surface area contributed by atoms with E-state index >= 15 is 0 Å². The number of thiophene rings is 1. The molecule has 2 rings (SSSR count). The molecular formula is C11H16ClNS. The third-order valence-corrected chi connectivity index (χ3v) is 4.02. The van der Waals surface area contributed by atoms with Crippen LogP contribution in [0.25, 0.3) is 0 Å². The summed E-state index contributed by atoms with van der Waals surface area (Å²) in [5.41, 5.74) is 0.560. The van der Waals surface area contributed by atoms with E-state index in [4.69, 9.17) is 11.6 Å². The standard InChI is InChI=1S/C11H16ClNS/c1-11(2)5-8(6-11)13-7-9-3-4-10(12)14-9/h3-4,8,13H,5-7H2,1-2H3. The van der Waals surface area contributed by atoms with E-state index in [1.54, 1.807) is 11.3 Å². The zero-order valence-electron chi connectivity index (χ0n) is 8.64. The smallest absolute Gasteiger partial charge is 0.0931 e. The quantitative estimate of drug-likeness (QED) is 0.834. The minimum Gasteiger partial charge on any atom is -0.309 e. The number of hydrogen-bond donors (Lipinski definition) is 1. The zero-order valence-corrected chi connectivity index (χ0v) is 10.2. The van der Waals surface area contributed by atoms with E-state index in [9.17, 15) is 0 Å². The molecule has 1 aromatic rings. The predicted octanol–water partition coefficient (Wildman–Crippen LogP) is 3.68. The summed E-state index contributed by atoms with van der Waals surface area (Å²) in [6, 6.07) is 4.78. The molecule has 78 valence electrons. The molecule has 1 fully saturated rings. The molecule has 0 unspecified atom stereocenters. The van der Waals surface area contributed by atoms with E-state index in [1.165, 1.54) is 17.7 Å². The van der Waals surface area contributed by atoms with Crippen molar-refractivity contribution >= 4 is 22.9 Å². The molecule has 1 aromatic heterocycles. The van der Waals surface area contributed by atoms with Crippen LogP contribution in [0.2, 0.25) is 4.34 Å². The molecule has 0 aromatic carbocycles. The molecule has 0 bridgehead atoms. The Balaban J connectivity index is 1.74. The predicted molar refractivity (Wildman–Crippen MR) is 63.0 cm³/mol. The van der Waals surface area contributed by atoms with E-state index in [1.807, 2.05) is 6.07 Å². The second kappa shape index (κ2) is 3.84. The van der Waals surface area contributed by atoms with Gasteiger partial charge < -0.3 is 5.32 Å². The highest BCUT2D eigenvalue weighted by molar-refractivity contribution is 7.16. The average molecular weight is 230 g/mol. The third kappa shape index (κ3) is 2.50. The fraction of sp³-hybridized carbons (Fsp3) is 0.636. The van der Waals surface area contributed by atoms with Crippen LogP contribution in [0.1, 0.15) is 31.6 Å². The summed E-state index contributed by atoms with van der Waals surface area (Å²) in [5, 5.41) is 3.56. The van der Waals surface area contributed by atoms with Crippen LogP contribution in [0.5, 0.6) is 0 Å². The molecule has 1 aliphatic rings. The molecular weight excluding hydrogens is 214 g/mol. The second-order valence-electron chi connectivity index (χ2n) is 4.86. The van der Waals surface area contributed by atoms with Crippen molar-refractivity contribution in [1.82, 2.24) is 5.32 Å². The molecule has 1 N–H and O–H groups in total. The van der Waals surface area contributed by atoms with Gasteiger partial charge in [0.1, 0.15) is 0 Å². The van der Waals surface area contributed by atoms with Gasteiger partial charge in [-0.05, 0) is 30.4 Å².